The molecule has 1 aliphatic heterocycles. The van der Waals surface area contributed by atoms with Gasteiger partial charge in [-0.25, -0.2) is 0 Å². The quantitative estimate of drug-likeness (QED) is 0.502. The Bertz CT molecular complexity index is 1050. The lowest BCUT2D eigenvalue weighted by molar-refractivity contribution is 0.413. The van der Waals surface area contributed by atoms with Gasteiger partial charge in [0, 0.05) is 39.3 Å². The fourth-order valence-electron chi connectivity index (χ4n) is 3.67. The molecule has 2 unspecified atom stereocenters. The minimum Gasteiger partial charge on any atom is -0.508 e. The van der Waals surface area contributed by atoms with Crippen LogP contribution >= 0.6 is 23.2 Å². The van der Waals surface area contributed by atoms with Crippen LogP contribution < -0.4 is 5.32 Å². The fraction of sp³-hybridized carbons (Fsp3) is 0.208. The smallest absolute Gasteiger partial charge is 0.127 e. The maximum absolute atomic E-state index is 10.5. The van der Waals surface area contributed by atoms with Crippen LogP contribution in [0.3, 0.4) is 0 Å². The van der Waals surface area contributed by atoms with Gasteiger partial charge in [-0.3, -0.25) is 10.3 Å². The minimum atomic E-state index is -0.318. The van der Waals surface area contributed by atoms with Crippen LogP contribution in [0.2, 0.25) is 10.0 Å². The highest BCUT2D eigenvalue weighted by atomic mass is 35.5. The van der Waals surface area contributed by atoms with Crippen molar-refractivity contribution in [2.75, 3.05) is 0 Å². The van der Waals surface area contributed by atoms with Crippen LogP contribution in [0.5, 0.6) is 5.75 Å². The van der Waals surface area contributed by atoms with E-state index in [9.17, 15) is 5.11 Å². The third-order valence-electron chi connectivity index (χ3n) is 5.30. The standard InChI is InChI=1S/C24H22Cl2N2O/c1-2-15-7-9-16(10-8-15)21-14-22(19-13-17(25)11-12-23(19)29)28-24(27-21)18-5-3-4-6-20(18)26/h3-13,22,24,28-29H,2,14H2,1H3. The van der Waals surface area contributed by atoms with E-state index in [0.29, 0.717) is 16.5 Å². The molecule has 4 rings (SSSR count). The first-order valence-corrected chi connectivity index (χ1v) is 10.5. The van der Waals surface area contributed by atoms with Gasteiger partial charge in [-0.05, 0) is 41.8 Å². The molecule has 5 heteroatoms. The second-order valence-corrected chi connectivity index (χ2v) is 8.02. The van der Waals surface area contributed by atoms with Gasteiger partial charge in [-0.2, -0.15) is 0 Å². The first kappa shape index (κ1) is 20.0. The molecule has 0 aliphatic carbocycles. The number of nitrogens with zero attached hydrogens (tertiary/aromatic N) is 1. The van der Waals surface area contributed by atoms with Gasteiger partial charge in [0.2, 0.25) is 0 Å². The van der Waals surface area contributed by atoms with E-state index in [0.717, 1.165) is 28.8 Å². The van der Waals surface area contributed by atoms with E-state index in [1.807, 2.05) is 24.3 Å². The molecule has 1 aliphatic rings. The Labute approximate surface area is 181 Å². The number of hydrogen-bond donors (Lipinski definition) is 2. The molecular formula is C24H22Cl2N2O. The number of phenols is 1. The zero-order chi connectivity index (χ0) is 20.4. The highest BCUT2D eigenvalue weighted by molar-refractivity contribution is 6.31. The van der Waals surface area contributed by atoms with E-state index < -0.39 is 0 Å². The molecule has 0 fully saturated rings. The van der Waals surface area contributed by atoms with Crippen molar-refractivity contribution in [3.05, 3.63) is 99.0 Å². The molecule has 148 valence electrons. The number of phenolic OH excluding ortho intramolecular Hbond substituents is 1. The largest absolute Gasteiger partial charge is 0.508 e. The van der Waals surface area contributed by atoms with E-state index in [-0.39, 0.29) is 18.0 Å². The van der Waals surface area contributed by atoms with Gasteiger partial charge in [0.1, 0.15) is 11.9 Å². The predicted octanol–water partition coefficient (Wildman–Crippen LogP) is 6.48. The summed E-state index contributed by atoms with van der Waals surface area (Å²) in [5.74, 6) is 0.215. The maximum atomic E-state index is 10.5. The number of aromatic hydroxyl groups is 1. The van der Waals surface area contributed by atoms with Gasteiger partial charge in [0.15, 0.2) is 0 Å². The molecule has 0 radical (unpaired) electrons. The van der Waals surface area contributed by atoms with E-state index in [1.165, 1.54) is 5.56 Å². The molecule has 29 heavy (non-hydrogen) atoms. The number of rotatable bonds is 4. The number of halogens is 2. The number of benzene rings is 3. The Kier molecular flexibility index (Phi) is 5.91. The second-order valence-electron chi connectivity index (χ2n) is 7.18. The summed E-state index contributed by atoms with van der Waals surface area (Å²) in [7, 11) is 0. The van der Waals surface area contributed by atoms with Crippen LogP contribution in [0.4, 0.5) is 0 Å². The summed E-state index contributed by atoms with van der Waals surface area (Å²) in [6.07, 6.45) is 1.32. The summed E-state index contributed by atoms with van der Waals surface area (Å²) < 4.78 is 0. The summed E-state index contributed by atoms with van der Waals surface area (Å²) >= 11 is 12.7. The van der Waals surface area contributed by atoms with Crippen LogP contribution in [-0.2, 0) is 6.42 Å². The summed E-state index contributed by atoms with van der Waals surface area (Å²) in [5, 5.41) is 15.2. The van der Waals surface area contributed by atoms with Gasteiger partial charge >= 0.3 is 0 Å². The van der Waals surface area contributed by atoms with E-state index in [1.54, 1.807) is 18.2 Å². The molecular weight excluding hydrogens is 403 g/mol. The van der Waals surface area contributed by atoms with Crippen LogP contribution in [0.25, 0.3) is 0 Å². The molecule has 3 nitrogen and oxygen atoms in total. The van der Waals surface area contributed by atoms with Crippen molar-refractivity contribution in [1.82, 2.24) is 5.32 Å². The van der Waals surface area contributed by atoms with E-state index in [2.05, 4.69) is 36.5 Å². The Balaban J connectivity index is 1.77. The topological polar surface area (TPSA) is 44.6 Å². The number of nitrogens with one attached hydrogen (secondary N) is 1. The van der Waals surface area contributed by atoms with Gasteiger partial charge in [-0.15, -0.1) is 0 Å². The lowest BCUT2D eigenvalue weighted by atomic mass is 9.93. The predicted molar refractivity (Wildman–Crippen MR) is 120 cm³/mol. The Hall–Kier alpha value is -2.33. The highest BCUT2D eigenvalue weighted by Crippen LogP contribution is 2.37. The van der Waals surface area contributed by atoms with Crippen molar-refractivity contribution in [3.8, 4) is 5.75 Å². The maximum Gasteiger partial charge on any atom is 0.127 e. The minimum absolute atomic E-state index is 0.145. The zero-order valence-corrected chi connectivity index (χ0v) is 17.6. The van der Waals surface area contributed by atoms with Crippen molar-refractivity contribution in [1.29, 1.82) is 0 Å². The summed E-state index contributed by atoms with van der Waals surface area (Å²) in [6, 6.07) is 21.2. The zero-order valence-electron chi connectivity index (χ0n) is 16.1. The van der Waals surface area contributed by atoms with Crippen molar-refractivity contribution >= 4 is 28.9 Å². The third-order valence-corrected chi connectivity index (χ3v) is 5.88. The molecule has 0 spiro atoms. The molecule has 1 heterocycles. The Morgan fingerprint density at radius 3 is 2.48 bits per heavy atom. The van der Waals surface area contributed by atoms with Crippen LogP contribution in [0, 0.1) is 0 Å². The lowest BCUT2D eigenvalue weighted by Gasteiger charge is -2.31. The molecule has 2 N–H and O–H groups in total. The molecule has 0 amide bonds. The molecule has 0 aromatic heterocycles. The monoisotopic (exact) mass is 424 g/mol. The molecule has 0 saturated heterocycles. The van der Waals surface area contributed by atoms with Crippen molar-refractivity contribution in [3.63, 3.8) is 0 Å². The molecule has 3 aromatic rings. The van der Waals surface area contributed by atoms with Crippen LogP contribution in [0.15, 0.2) is 71.7 Å². The highest BCUT2D eigenvalue weighted by Gasteiger charge is 2.28. The average Bonchev–Trinajstić information content (AvgIpc) is 2.75. The summed E-state index contributed by atoms with van der Waals surface area (Å²) in [4.78, 5) is 4.97. The van der Waals surface area contributed by atoms with Crippen molar-refractivity contribution in [2.24, 2.45) is 4.99 Å². The SMILES string of the molecule is CCc1ccc(C2=NC(c3ccccc3Cl)NC(c3cc(Cl)ccc3O)C2)cc1. The molecule has 0 saturated carbocycles. The second kappa shape index (κ2) is 8.58. The fourth-order valence-corrected chi connectivity index (χ4v) is 4.09. The summed E-state index contributed by atoms with van der Waals surface area (Å²) in [5.41, 5.74) is 5.00. The van der Waals surface area contributed by atoms with E-state index >= 15 is 0 Å². The Morgan fingerprint density at radius 2 is 1.76 bits per heavy atom. The molecule has 2 atom stereocenters. The molecule has 3 aromatic carbocycles. The third kappa shape index (κ3) is 4.32. The van der Waals surface area contributed by atoms with Gasteiger partial charge in [-0.1, -0.05) is 72.6 Å². The first-order valence-electron chi connectivity index (χ1n) is 9.70. The molecule has 0 bridgehead atoms. The van der Waals surface area contributed by atoms with Gasteiger partial charge in [0.25, 0.3) is 0 Å². The number of aliphatic imine (C=N–C) groups is 1. The van der Waals surface area contributed by atoms with Crippen molar-refractivity contribution < 1.29 is 5.11 Å². The van der Waals surface area contributed by atoms with Crippen LogP contribution in [0.1, 0.15) is 47.8 Å². The van der Waals surface area contributed by atoms with Crippen molar-refractivity contribution in [2.45, 2.75) is 32.0 Å². The average molecular weight is 425 g/mol. The number of aryl methyl sites for hydroxylation is 1. The first-order chi connectivity index (χ1) is 14.0. The lowest BCUT2D eigenvalue weighted by Crippen LogP contribution is -2.33. The number of hydrogen-bond acceptors (Lipinski definition) is 3. The van der Waals surface area contributed by atoms with E-state index in [4.69, 9.17) is 28.2 Å². The summed E-state index contributed by atoms with van der Waals surface area (Å²) in [6.45, 7) is 2.14. The van der Waals surface area contributed by atoms with Gasteiger partial charge < -0.3 is 5.11 Å². The normalized spacial score (nSPS) is 19.1. The van der Waals surface area contributed by atoms with Crippen LogP contribution in [-0.4, -0.2) is 10.8 Å². The Morgan fingerprint density at radius 1 is 1.00 bits per heavy atom. The van der Waals surface area contributed by atoms with Gasteiger partial charge in [0.05, 0.1) is 0 Å².